The summed E-state index contributed by atoms with van der Waals surface area (Å²) in [6, 6.07) is 0. The van der Waals surface area contributed by atoms with Crippen LogP contribution in [-0.4, -0.2) is 35.0 Å². The third-order valence-electron chi connectivity index (χ3n) is 2.90. The Morgan fingerprint density at radius 3 is 2.69 bits per heavy atom. The molecule has 1 aliphatic heterocycles. The van der Waals surface area contributed by atoms with Gasteiger partial charge in [-0.3, -0.25) is 4.79 Å². The highest BCUT2D eigenvalue weighted by molar-refractivity contribution is 5.78. The highest BCUT2D eigenvalue weighted by Gasteiger charge is 2.46. The molecule has 2 N–H and O–H groups in total. The molecule has 1 aliphatic rings. The van der Waals surface area contributed by atoms with E-state index in [2.05, 4.69) is 0 Å². The van der Waals surface area contributed by atoms with Gasteiger partial charge in [0.2, 0.25) is 0 Å². The molecule has 0 bridgehead atoms. The minimum Gasteiger partial charge on any atom is -0.459 e. The summed E-state index contributed by atoms with van der Waals surface area (Å²) in [5.74, 6) is -0.409. The SMILES string of the molecule is CC[C@]1(C)C(=O)O[C@@H](CO)C[C@@H]1O. The maximum absolute atomic E-state index is 11.4. The third kappa shape index (κ3) is 1.69. The van der Waals surface area contributed by atoms with Crippen LogP contribution in [0.4, 0.5) is 0 Å². The number of ether oxygens (including phenoxy) is 1. The maximum Gasteiger partial charge on any atom is 0.314 e. The Labute approximate surface area is 77.5 Å². The number of hydrogen-bond donors (Lipinski definition) is 2. The molecule has 0 spiro atoms. The quantitative estimate of drug-likeness (QED) is 0.602. The lowest BCUT2D eigenvalue weighted by molar-refractivity contribution is -0.186. The van der Waals surface area contributed by atoms with Crippen molar-refractivity contribution in [2.75, 3.05) is 6.61 Å². The van der Waals surface area contributed by atoms with Crippen molar-refractivity contribution < 1.29 is 19.7 Å². The average Bonchev–Trinajstić information content (AvgIpc) is 2.13. The minimum absolute atomic E-state index is 0.220. The minimum atomic E-state index is -0.800. The van der Waals surface area contributed by atoms with Gasteiger partial charge in [-0.15, -0.1) is 0 Å². The van der Waals surface area contributed by atoms with Gasteiger partial charge in [-0.1, -0.05) is 6.92 Å². The van der Waals surface area contributed by atoms with Gasteiger partial charge in [-0.2, -0.15) is 0 Å². The van der Waals surface area contributed by atoms with Crippen molar-refractivity contribution in [3.05, 3.63) is 0 Å². The van der Waals surface area contributed by atoms with E-state index in [1.807, 2.05) is 6.92 Å². The van der Waals surface area contributed by atoms with Crippen molar-refractivity contribution in [2.24, 2.45) is 5.41 Å². The van der Waals surface area contributed by atoms with Gasteiger partial charge < -0.3 is 14.9 Å². The van der Waals surface area contributed by atoms with Crippen molar-refractivity contribution >= 4 is 5.97 Å². The normalized spacial score (nSPS) is 40.2. The Balaban J connectivity index is 2.76. The first-order valence-electron chi connectivity index (χ1n) is 4.54. The summed E-state index contributed by atoms with van der Waals surface area (Å²) in [4.78, 5) is 11.4. The summed E-state index contributed by atoms with van der Waals surface area (Å²) in [5, 5.41) is 18.5. The highest BCUT2D eigenvalue weighted by atomic mass is 16.6. The van der Waals surface area contributed by atoms with Crippen LogP contribution in [0.3, 0.4) is 0 Å². The van der Waals surface area contributed by atoms with Crippen molar-refractivity contribution in [3.8, 4) is 0 Å². The summed E-state index contributed by atoms with van der Waals surface area (Å²) < 4.78 is 4.96. The predicted molar refractivity (Wildman–Crippen MR) is 46.0 cm³/mol. The second-order valence-electron chi connectivity index (χ2n) is 3.73. The molecule has 0 aromatic heterocycles. The molecular formula is C9H16O4. The van der Waals surface area contributed by atoms with E-state index in [0.717, 1.165) is 0 Å². The van der Waals surface area contributed by atoms with E-state index >= 15 is 0 Å². The van der Waals surface area contributed by atoms with Crippen LogP contribution in [-0.2, 0) is 9.53 Å². The molecule has 0 aromatic rings. The molecule has 0 aromatic carbocycles. The van der Waals surface area contributed by atoms with E-state index in [9.17, 15) is 9.90 Å². The molecule has 13 heavy (non-hydrogen) atoms. The fraction of sp³-hybridized carbons (Fsp3) is 0.889. The zero-order chi connectivity index (χ0) is 10.1. The number of aliphatic hydroxyl groups is 2. The molecule has 1 saturated heterocycles. The molecule has 0 amide bonds. The summed E-state index contributed by atoms with van der Waals surface area (Å²) in [5.41, 5.74) is -0.800. The van der Waals surface area contributed by atoms with Crippen molar-refractivity contribution in [1.29, 1.82) is 0 Å². The summed E-state index contributed by atoms with van der Waals surface area (Å²) in [6.07, 6.45) is -0.379. The zero-order valence-corrected chi connectivity index (χ0v) is 7.99. The Morgan fingerprint density at radius 2 is 2.31 bits per heavy atom. The molecule has 1 fully saturated rings. The predicted octanol–water partition coefficient (Wildman–Crippen LogP) is 0.0714. The molecule has 0 unspecified atom stereocenters. The maximum atomic E-state index is 11.4. The zero-order valence-electron chi connectivity index (χ0n) is 7.99. The number of carbonyl (C=O) groups excluding carboxylic acids is 1. The van der Waals surface area contributed by atoms with Crippen molar-refractivity contribution in [1.82, 2.24) is 0 Å². The monoisotopic (exact) mass is 188 g/mol. The molecular weight excluding hydrogens is 172 g/mol. The van der Waals surface area contributed by atoms with E-state index in [-0.39, 0.29) is 6.61 Å². The van der Waals surface area contributed by atoms with Gasteiger partial charge in [0.15, 0.2) is 0 Å². The number of aliphatic hydroxyl groups excluding tert-OH is 2. The molecule has 0 saturated carbocycles. The fourth-order valence-electron chi connectivity index (χ4n) is 1.47. The second-order valence-corrected chi connectivity index (χ2v) is 3.73. The molecule has 4 nitrogen and oxygen atoms in total. The number of rotatable bonds is 2. The van der Waals surface area contributed by atoms with Crippen LogP contribution in [0.2, 0.25) is 0 Å². The average molecular weight is 188 g/mol. The van der Waals surface area contributed by atoms with Crippen LogP contribution >= 0.6 is 0 Å². The Morgan fingerprint density at radius 1 is 1.69 bits per heavy atom. The van der Waals surface area contributed by atoms with Crippen LogP contribution < -0.4 is 0 Å². The van der Waals surface area contributed by atoms with Gasteiger partial charge in [0, 0.05) is 6.42 Å². The summed E-state index contributed by atoms with van der Waals surface area (Å²) >= 11 is 0. The van der Waals surface area contributed by atoms with E-state index in [1.165, 1.54) is 0 Å². The van der Waals surface area contributed by atoms with Crippen LogP contribution in [0.1, 0.15) is 26.7 Å². The highest BCUT2D eigenvalue weighted by Crippen LogP contribution is 2.35. The van der Waals surface area contributed by atoms with Gasteiger partial charge in [0.05, 0.1) is 18.1 Å². The molecule has 76 valence electrons. The van der Waals surface area contributed by atoms with Crippen LogP contribution in [0, 0.1) is 5.41 Å². The number of hydrogen-bond acceptors (Lipinski definition) is 4. The standard InChI is InChI=1S/C9H16O4/c1-3-9(2)7(11)4-6(5-10)13-8(9)12/h6-7,10-11H,3-5H2,1-2H3/t6-,7+,9+/m1/s1. The first-order valence-corrected chi connectivity index (χ1v) is 4.54. The lowest BCUT2D eigenvalue weighted by Gasteiger charge is -2.38. The molecule has 3 atom stereocenters. The van der Waals surface area contributed by atoms with Gasteiger partial charge in [-0.25, -0.2) is 0 Å². The van der Waals surface area contributed by atoms with E-state index in [1.54, 1.807) is 6.92 Å². The molecule has 0 aliphatic carbocycles. The second kappa shape index (κ2) is 3.64. The first kappa shape index (κ1) is 10.5. The van der Waals surface area contributed by atoms with Crippen molar-refractivity contribution in [3.63, 3.8) is 0 Å². The number of cyclic esters (lactones) is 1. The van der Waals surface area contributed by atoms with Crippen LogP contribution in [0.25, 0.3) is 0 Å². The van der Waals surface area contributed by atoms with Gasteiger partial charge in [0.25, 0.3) is 0 Å². The summed E-state index contributed by atoms with van der Waals surface area (Å²) in [7, 11) is 0. The Kier molecular flexibility index (Phi) is 2.93. The molecule has 1 rings (SSSR count). The number of esters is 1. The summed E-state index contributed by atoms with van der Waals surface area (Å²) in [6.45, 7) is 3.31. The van der Waals surface area contributed by atoms with Gasteiger partial charge >= 0.3 is 5.97 Å². The topological polar surface area (TPSA) is 66.8 Å². The van der Waals surface area contributed by atoms with Gasteiger partial charge in [0.1, 0.15) is 6.10 Å². The Bertz CT molecular complexity index is 204. The molecule has 1 heterocycles. The van der Waals surface area contributed by atoms with Crippen molar-refractivity contribution in [2.45, 2.75) is 38.9 Å². The number of carbonyl (C=O) groups is 1. The Hall–Kier alpha value is -0.610. The van der Waals surface area contributed by atoms with Crippen LogP contribution in [0.5, 0.6) is 0 Å². The first-order chi connectivity index (χ1) is 6.04. The molecule has 4 heteroatoms. The lowest BCUT2D eigenvalue weighted by atomic mass is 9.77. The largest absolute Gasteiger partial charge is 0.459 e. The smallest absolute Gasteiger partial charge is 0.314 e. The van der Waals surface area contributed by atoms with Crippen LogP contribution in [0.15, 0.2) is 0 Å². The van der Waals surface area contributed by atoms with Gasteiger partial charge in [-0.05, 0) is 13.3 Å². The lowest BCUT2D eigenvalue weighted by Crippen LogP contribution is -2.49. The third-order valence-corrected chi connectivity index (χ3v) is 2.90. The molecule has 0 radical (unpaired) electrons. The van der Waals surface area contributed by atoms with E-state index < -0.39 is 23.6 Å². The fourth-order valence-corrected chi connectivity index (χ4v) is 1.47. The van der Waals surface area contributed by atoms with E-state index in [4.69, 9.17) is 9.84 Å². The van der Waals surface area contributed by atoms with E-state index in [0.29, 0.717) is 12.8 Å².